The molecular weight excluding hydrogens is 132 g/mol. The summed E-state index contributed by atoms with van der Waals surface area (Å²) in [6, 6.07) is 0. The summed E-state index contributed by atoms with van der Waals surface area (Å²) in [5.41, 5.74) is 0. The van der Waals surface area contributed by atoms with Crippen LogP contribution in [0.5, 0.6) is 0 Å². The summed E-state index contributed by atoms with van der Waals surface area (Å²) in [6.45, 7) is 4.33. The fourth-order valence-corrected chi connectivity index (χ4v) is 1.52. The Hall–Kier alpha value is -0.780. The van der Waals surface area contributed by atoms with Gasteiger partial charge in [-0.25, -0.2) is 0 Å². The largest absolute Gasteiger partial charge is 0.0914 e. The normalized spacial score (nSPS) is 20.2. The fourth-order valence-electron chi connectivity index (χ4n) is 1.52. The van der Waals surface area contributed by atoms with Gasteiger partial charge in [0.25, 0.3) is 0 Å². The minimum atomic E-state index is 0.649. The lowest BCUT2D eigenvalue weighted by molar-refractivity contribution is 0.543. The first-order chi connectivity index (χ1) is 5.38. The molecule has 0 fully saturated rings. The fraction of sp³-hybridized carbons (Fsp3) is 0.455. The quantitative estimate of drug-likeness (QED) is 0.538. The van der Waals surface area contributed by atoms with Gasteiger partial charge in [-0.05, 0) is 19.3 Å². The summed E-state index contributed by atoms with van der Waals surface area (Å²) in [5.74, 6) is 1.35. The summed E-state index contributed by atoms with van der Waals surface area (Å²) in [4.78, 5) is 0. The van der Waals surface area contributed by atoms with E-state index in [1.807, 2.05) is 0 Å². The SMILES string of the molecule is C/C=C/C(CC)C1C=CC=C1. The van der Waals surface area contributed by atoms with Crippen LogP contribution in [0.2, 0.25) is 0 Å². The van der Waals surface area contributed by atoms with E-state index in [9.17, 15) is 0 Å². The van der Waals surface area contributed by atoms with Crippen LogP contribution in [0.1, 0.15) is 20.3 Å². The highest BCUT2D eigenvalue weighted by Crippen LogP contribution is 2.23. The highest BCUT2D eigenvalue weighted by molar-refractivity contribution is 5.20. The van der Waals surface area contributed by atoms with Crippen molar-refractivity contribution in [3.8, 4) is 0 Å². The first-order valence-electron chi connectivity index (χ1n) is 4.36. The lowest BCUT2D eigenvalue weighted by Crippen LogP contribution is -2.04. The maximum absolute atomic E-state index is 2.30. The summed E-state index contributed by atoms with van der Waals surface area (Å²) >= 11 is 0. The van der Waals surface area contributed by atoms with Crippen molar-refractivity contribution in [2.45, 2.75) is 20.3 Å². The van der Waals surface area contributed by atoms with E-state index in [-0.39, 0.29) is 0 Å². The molecule has 0 radical (unpaired) electrons. The smallest absolute Gasteiger partial charge is 0.00155 e. The molecule has 0 aromatic heterocycles. The predicted molar refractivity (Wildman–Crippen MR) is 50.4 cm³/mol. The van der Waals surface area contributed by atoms with Crippen LogP contribution in [-0.4, -0.2) is 0 Å². The topological polar surface area (TPSA) is 0 Å². The van der Waals surface area contributed by atoms with Crippen molar-refractivity contribution in [3.05, 3.63) is 36.5 Å². The van der Waals surface area contributed by atoms with E-state index in [2.05, 4.69) is 50.3 Å². The second-order valence-electron chi connectivity index (χ2n) is 2.95. The molecule has 0 saturated carbocycles. The van der Waals surface area contributed by atoms with Gasteiger partial charge < -0.3 is 0 Å². The monoisotopic (exact) mass is 148 g/mol. The van der Waals surface area contributed by atoms with Crippen molar-refractivity contribution >= 4 is 0 Å². The molecule has 0 bridgehead atoms. The second kappa shape index (κ2) is 4.17. The number of allylic oxidation sites excluding steroid dienone is 6. The van der Waals surface area contributed by atoms with E-state index < -0.39 is 0 Å². The van der Waals surface area contributed by atoms with Crippen molar-refractivity contribution in [1.82, 2.24) is 0 Å². The van der Waals surface area contributed by atoms with Crippen LogP contribution < -0.4 is 0 Å². The van der Waals surface area contributed by atoms with Gasteiger partial charge in [0, 0.05) is 5.92 Å². The van der Waals surface area contributed by atoms with Crippen LogP contribution in [0.15, 0.2) is 36.5 Å². The Morgan fingerprint density at radius 1 is 1.36 bits per heavy atom. The molecule has 0 saturated heterocycles. The summed E-state index contributed by atoms with van der Waals surface area (Å²) in [6.07, 6.45) is 14.5. The first-order valence-corrected chi connectivity index (χ1v) is 4.36. The molecule has 1 aliphatic carbocycles. The van der Waals surface area contributed by atoms with Gasteiger partial charge in [-0.15, -0.1) is 0 Å². The van der Waals surface area contributed by atoms with E-state index in [0.717, 1.165) is 0 Å². The molecule has 0 amide bonds. The minimum Gasteiger partial charge on any atom is -0.0914 e. The van der Waals surface area contributed by atoms with Crippen molar-refractivity contribution in [2.75, 3.05) is 0 Å². The Balaban J connectivity index is 2.54. The maximum Gasteiger partial charge on any atom is 0.00155 e. The van der Waals surface area contributed by atoms with Gasteiger partial charge in [0.15, 0.2) is 0 Å². The van der Waals surface area contributed by atoms with Crippen molar-refractivity contribution < 1.29 is 0 Å². The number of rotatable bonds is 3. The van der Waals surface area contributed by atoms with E-state index in [1.54, 1.807) is 0 Å². The molecule has 1 rings (SSSR count). The molecule has 60 valence electrons. The Kier molecular flexibility index (Phi) is 3.15. The Morgan fingerprint density at radius 2 is 2.00 bits per heavy atom. The number of hydrogen-bond acceptors (Lipinski definition) is 0. The van der Waals surface area contributed by atoms with Crippen LogP contribution in [0, 0.1) is 11.8 Å². The van der Waals surface area contributed by atoms with E-state index in [4.69, 9.17) is 0 Å². The molecule has 0 N–H and O–H groups in total. The third-order valence-corrected chi connectivity index (χ3v) is 2.18. The molecule has 0 heterocycles. The molecular formula is C11H16. The van der Waals surface area contributed by atoms with Crippen LogP contribution in [0.25, 0.3) is 0 Å². The van der Waals surface area contributed by atoms with Gasteiger partial charge in [0.2, 0.25) is 0 Å². The third kappa shape index (κ3) is 2.07. The zero-order valence-electron chi connectivity index (χ0n) is 7.33. The first kappa shape index (κ1) is 8.32. The van der Waals surface area contributed by atoms with Gasteiger partial charge in [-0.3, -0.25) is 0 Å². The van der Waals surface area contributed by atoms with Gasteiger partial charge in [-0.2, -0.15) is 0 Å². The van der Waals surface area contributed by atoms with E-state index in [1.165, 1.54) is 6.42 Å². The Morgan fingerprint density at radius 3 is 2.45 bits per heavy atom. The Bertz CT molecular complexity index is 172. The summed E-state index contributed by atoms with van der Waals surface area (Å²) in [7, 11) is 0. The summed E-state index contributed by atoms with van der Waals surface area (Å²) in [5, 5.41) is 0. The average molecular weight is 148 g/mol. The van der Waals surface area contributed by atoms with Gasteiger partial charge in [0.05, 0.1) is 0 Å². The van der Waals surface area contributed by atoms with Gasteiger partial charge in [0.1, 0.15) is 0 Å². The zero-order valence-corrected chi connectivity index (χ0v) is 7.33. The second-order valence-corrected chi connectivity index (χ2v) is 2.95. The van der Waals surface area contributed by atoms with E-state index >= 15 is 0 Å². The van der Waals surface area contributed by atoms with Crippen molar-refractivity contribution in [2.24, 2.45) is 11.8 Å². The highest BCUT2D eigenvalue weighted by atomic mass is 14.2. The van der Waals surface area contributed by atoms with Gasteiger partial charge in [-0.1, -0.05) is 43.4 Å². The molecule has 0 heteroatoms. The van der Waals surface area contributed by atoms with Crippen molar-refractivity contribution in [3.63, 3.8) is 0 Å². The standard InChI is InChI=1S/C11H16/c1-3-7-10(4-2)11-8-5-6-9-11/h3,5-11H,4H2,1-2H3/b7-3+. The molecule has 0 nitrogen and oxygen atoms in total. The lowest BCUT2D eigenvalue weighted by atomic mass is 9.91. The third-order valence-electron chi connectivity index (χ3n) is 2.18. The van der Waals surface area contributed by atoms with Crippen LogP contribution in [0.4, 0.5) is 0 Å². The molecule has 1 unspecified atom stereocenters. The molecule has 0 aromatic carbocycles. The zero-order chi connectivity index (χ0) is 8.10. The molecule has 0 aromatic rings. The molecule has 0 aliphatic heterocycles. The van der Waals surface area contributed by atoms with Crippen LogP contribution in [-0.2, 0) is 0 Å². The van der Waals surface area contributed by atoms with Crippen LogP contribution >= 0.6 is 0 Å². The molecule has 1 aliphatic rings. The average Bonchev–Trinajstić information content (AvgIpc) is 2.52. The molecule has 11 heavy (non-hydrogen) atoms. The minimum absolute atomic E-state index is 0.649. The Labute approximate surface area is 69.3 Å². The highest BCUT2D eigenvalue weighted by Gasteiger charge is 2.12. The van der Waals surface area contributed by atoms with Crippen LogP contribution in [0.3, 0.4) is 0 Å². The summed E-state index contributed by atoms with van der Waals surface area (Å²) < 4.78 is 0. The number of hydrogen-bond donors (Lipinski definition) is 0. The maximum atomic E-state index is 2.30. The molecule has 0 spiro atoms. The predicted octanol–water partition coefficient (Wildman–Crippen LogP) is 3.33. The van der Waals surface area contributed by atoms with Gasteiger partial charge >= 0.3 is 0 Å². The van der Waals surface area contributed by atoms with Crippen molar-refractivity contribution in [1.29, 1.82) is 0 Å². The lowest BCUT2D eigenvalue weighted by Gasteiger charge is -2.14. The van der Waals surface area contributed by atoms with E-state index in [0.29, 0.717) is 11.8 Å². The molecule has 1 atom stereocenters.